The molecule has 0 aliphatic heterocycles. The van der Waals surface area contributed by atoms with Crippen LogP contribution in [0, 0.1) is 5.92 Å². The standard InChI is InChI=1S/C14H29NO/c1-3-5-11-15(4-2)12-13-9-7-6-8-10-14(13)16/h13-14,16H,3-12H2,1-2H3. The van der Waals surface area contributed by atoms with E-state index in [1.54, 1.807) is 0 Å². The minimum atomic E-state index is -0.0434. The summed E-state index contributed by atoms with van der Waals surface area (Å²) in [6, 6.07) is 0. The van der Waals surface area contributed by atoms with Crippen molar-refractivity contribution in [3.05, 3.63) is 0 Å². The van der Waals surface area contributed by atoms with Crippen LogP contribution in [0.3, 0.4) is 0 Å². The lowest BCUT2D eigenvalue weighted by Crippen LogP contribution is -2.35. The highest BCUT2D eigenvalue weighted by molar-refractivity contribution is 4.76. The van der Waals surface area contributed by atoms with E-state index in [-0.39, 0.29) is 6.10 Å². The molecule has 0 aromatic heterocycles. The number of hydrogen-bond donors (Lipinski definition) is 1. The van der Waals surface area contributed by atoms with Crippen LogP contribution in [0.4, 0.5) is 0 Å². The van der Waals surface area contributed by atoms with E-state index < -0.39 is 0 Å². The van der Waals surface area contributed by atoms with Gasteiger partial charge in [-0.25, -0.2) is 0 Å². The van der Waals surface area contributed by atoms with Gasteiger partial charge in [0.05, 0.1) is 6.10 Å². The van der Waals surface area contributed by atoms with Crippen LogP contribution in [-0.2, 0) is 0 Å². The number of nitrogens with zero attached hydrogens (tertiary/aromatic N) is 1. The number of rotatable bonds is 6. The minimum absolute atomic E-state index is 0.0434. The molecule has 2 unspecified atom stereocenters. The van der Waals surface area contributed by atoms with Crippen LogP contribution < -0.4 is 0 Å². The molecule has 0 heterocycles. The molecule has 1 aliphatic rings. The fourth-order valence-electron chi connectivity index (χ4n) is 2.67. The number of hydrogen-bond acceptors (Lipinski definition) is 2. The molecule has 2 atom stereocenters. The van der Waals surface area contributed by atoms with E-state index in [2.05, 4.69) is 18.7 Å². The third-order valence-corrected chi connectivity index (χ3v) is 3.89. The molecule has 0 spiro atoms. The van der Waals surface area contributed by atoms with E-state index in [9.17, 15) is 5.11 Å². The van der Waals surface area contributed by atoms with Gasteiger partial charge >= 0.3 is 0 Å². The Morgan fingerprint density at radius 3 is 2.56 bits per heavy atom. The van der Waals surface area contributed by atoms with Gasteiger partial charge in [0.25, 0.3) is 0 Å². The molecule has 0 saturated heterocycles. The lowest BCUT2D eigenvalue weighted by molar-refractivity contribution is 0.0743. The Hall–Kier alpha value is -0.0800. The predicted octanol–water partition coefficient (Wildman–Crippen LogP) is 3.05. The van der Waals surface area contributed by atoms with Crippen molar-refractivity contribution in [3.8, 4) is 0 Å². The zero-order chi connectivity index (χ0) is 11.8. The van der Waals surface area contributed by atoms with Gasteiger partial charge in [0.1, 0.15) is 0 Å². The van der Waals surface area contributed by atoms with Crippen LogP contribution in [0.1, 0.15) is 58.8 Å². The van der Waals surface area contributed by atoms with Crippen LogP contribution in [-0.4, -0.2) is 35.7 Å². The lowest BCUT2D eigenvalue weighted by atomic mass is 9.96. The van der Waals surface area contributed by atoms with Crippen molar-refractivity contribution in [2.45, 2.75) is 64.9 Å². The second-order valence-corrected chi connectivity index (χ2v) is 5.21. The van der Waals surface area contributed by atoms with E-state index in [4.69, 9.17) is 0 Å². The van der Waals surface area contributed by atoms with E-state index in [0.717, 1.165) is 19.5 Å². The van der Waals surface area contributed by atoms with Crippen molar-refractivity contribution in [1.82, 2.24) is 4.90 Å². The van der Waals surface area contributed by atoms with Gasteiger partial charge in [-0.15, -0.1) is 0 Å². The molecule has 2 heteroatoms. The molecule has 0 bridgehead atoms. The fourth-order valence-corrected chi connectivity index (χ4v) is 2.67. The Morgan fingerprint density at radius 2 is 1.88 bits per heavy atom. The molecular formula is C14H29NO. The maximum absolute atomic E-state index is 10.1. The molecule has 0 amide bonds. The predicted molar refractivity (Wildman–Crippen MR) is 69.6 cm³/mol. The van der Waals surface area contributed by atoms with Crippen LogP contribution in [0.25, 0.3) is 0 Å². The summed E-state index contributed by atoms with van der Waals surface area (Å²) in [5.74, 6) is 0.527. The monoisotopic (exact) mass is 227 g/mol. The van der Waals surface area contributed by atoms with Gasteiger partial charge in [-0.1, -0.05) is 39.5 Å². The minimum Gasteiger partial charge on any atom is -0.393 e. The highest BCUT2D eigenvalue weighted by Crippen LogP contribution is 2.24. The lowest BCUT2D eigenvalue weighted by Gasteiger charge is -2.28. The van der Waals surface area contributed by atoms with Crippen molar-refractivity contribution >= 4 is 0 Å². The Balaban J connectivity index is 2.35. The third-order valence-electron chi connectivity index (χ3n) is 3.89. The smallest absolute Gasteiger partial charge is 0.0580 e. The first-order chi connectivity index (χ1) is 7.77. The van der Waals surface area contributed by atoms with Gasteiger partial charge in [0.15, 0.2) is 0 Å². The van der Waals surface area contributed by atoms with Crippen LogP contribution >= 0.6 is 0 Å². The first-order valence-electron chi connectivity index (χ1n) is 7.18. The largest absolute Gasteiger partial charge is 0.393 e. The summed E-state index contributed by atoms with van der Waals surface area (Å²) in [6.45, 7) is 7.92. The van der Waals surface area contributed by atoms with Crippen molar-refractivity contribution in [2.75, 3.05) is 19.6 Å². The van der Waals surface area contributed by atoms with Gasteiger partial charge in [-0.05, 0) is 38.3 Å². The average Bonchev–Trinajstić information content (AvgIpc) is 2.50. The van der Waals surface area contributed by atoms with Crippen molar-refractivity contribution < 1.29 is 5.11 Å². The second kappa shape index (κ2) is 8.08. The summed E-state index contributed by atoms with van der Waals surface area (Å²) >= 11 is 0. The molecule has 1 rings (SSSR count). The van der Waals surface area contributed by atoms with E-state index >= 15 is 0 Å². The molecule has 1 fully saturated rings. The average molecular weight is 227 g/mol. The fraction of sp³-hybridized carbons (Fsp3) is 1.00. The van der Waals surface area contributed by atoms with Gasteiger partial charge in [-0.2, -0.15) is 0 Å². The normalized spacial score (nSPS) is 27.0. The van der Waals surface area contributed by atoms with Gasteiger partial charge in [-0.3, -0.25) is 0 Å². The molecule has 1 aliphatic carbocycles. The Labute approximate surface area is 101 Å². The van der Waals surface area contributed by atoms with Gasteiger partial charge in [0, 0.05) is 6.54 Å². The van der Waals surface area contributed by atoms with Gasteiger partial charge < -0.3 is 10.0 Å². The molecule has 1 N–H and O–H groups in total. The van der Waals surface area contributed by atoms with Crippen molar-refractivity contribution in [2.24, 2.45) is 5.92 Å². The maximum atomic E-state index is 10.1. The quantitative estimate of drug-likeness (QED) is 0.705. The summed E-state index contributed by atoms with van der Waals surface area (Å²) in [5, 5.41) is 10.1. The Morgan fingerprint density at radius 1 is 1.12 bits per heavy atom. The molecule has 1 saturated carbocycles. The van der Waals surface area contributed by atoms with Crippen LogP contribution in [0.2, 0.25) is 0 Å². The summed E-state index contributed by atoms with van der Waals surface area (Å²) in [6.07, 6.45) is 8.61. The SMILES string of the molecule is CCCCN(CC)CC1CCCCCC1O. The molecule has 0 aromatic carbocycles. The van der Waals surface area contributed by atoms with Crippen LogP contribution in [0.5, 0.6) is 0 Å². The molecule has 96 valence electrons. The van der Waals surface area contributed by atoms with E-state index in [1.807, 2.05) is 0 Å². The zero-order valence-electron chi connectivity index (χ0n) is 11.1. The molecule has 16 heavy (non-hydrogen) atoms. The Bertz CT molecular complexity index is 172. The van der Waals surface area contributed by atoms with Gasteiger partial charge in [0.2, 0.25) is 0 Å². The highest BCUT2D eigenvalue weighted by Gasteiger charge is 2.23. The maximum Gasteiger partial charge on any atom is 0.0580 e. The summed E-state index contributed by atoms with van der Waals surface area (Å²) in [7, 11) is 0. The molecular weight excluding hydrogens is 198 g/mol. The third kappa shape index (κ3) is 4.84. The van der Waals surface area contributed by atoms with Crippen molar-refractivity contribution in [3.63, 3.8) is 0 Å². The second-order valence-electron chi connectivity index (χ2n) is 5.21. The topological polar surface area (TPSA) is 23.5 Å². The van der Waals surface area contributed by atoms with Crippen molar-refractivity contribution in [1.29, 1.82) is 0 Å². The van der Waals surface area contributed by atoms with E-state index in [1.165, 1.54) is 45.1 Å². The molecule has 0 radical (unpaired) electrons. The first-order valence-corrected chi connectivity index (χ1v) is 7.18. The molecule has 2 nitrogen and oxygen atoms in total. The highest BCUT2D eigenvalue weighted by atomic mass is 16.3. The molecule has 0 aromatic rings. The van der Waals surface area contributed by atoms with E-state index in [0.29, 0.717) is 5.92 Å². The summed E-state index contributed by atoms with van der Waals surface area (Å²) < 4.78 is 0. The number of unbranched alkanes of at least 4 members (excludes halogenated alkanes) is 1. The Kier molecular flexibility index (Phi) is 7.06. The first kappa shape index (κ1) is 14.0. The summed E-state index contributed by atoms with van der Waals surface area (Å²) in [4.78, 5) is 2.52. The number of aliphatic hydroxyl groups excluding tert-OH is 1. The zero-order valence-corrected chi connectivity index (χ0v) is 11.1. The summed E-state index contributed by atoms with van der Waals surface area (Å²) in [5.41, 5.74) is 0. The number of aliphatic hydroxyl groups is 1. The van der Waals surface area contributed by atoms with Crippen LogP contribution in [0.15, 0.2) is 0 Å².